The number of primary amides is 1. The number of carbonyl (C=O) groups excluding carboxylic acids is 1. The van der Waals surface area contributed by atoms with Crippen LogP contribution in [0.15, 0.2) is 53.4 Å². The highest BCUT2D eigenvalue weighted by atomic mass is 35.5. The highest BCUT2D eigenvalue weighted by Crippen LogP contribution is 2.41. The molecule has 0 bridgehead atoms. The predicted octanol–water partition coefficient (Wildman–Crippen LogP) is 3.92. The molecule has 0 aliphatic carbocycles. The summed E-state index contributed by atoms with van der Waals surface area (Å²) in [5.74, 6) is -2.33. The minimum Gasteiger partial charge on any atom is -0.494 e. The first-order valence-electron chi connectivity index (χ1n) is 10.4. The topological polar surface area (TPSA) is 108 Å². The zero-order valence-corrected chi connectivity index (χ0v) is 21.1. The summed E-state index contributed by atoms with van der Waals surface area (Å²) in [4.78, 5) is 11.8. The zero-order chi connectivity index (χ0) is 26.6. The summed E-state index contributed by atoms with van der Waals surface area (Å²) in [6.45, 7) is -0.804. The number of carbonyl (C=O) groups is 1. The molecule has 0 heterocycles. The third-order valence-corrected chi connectivity index (χ3v) is 7.22. The van der Waals surface area contributed by atoms with Crippen LogP contribution in [0.4, 0.5) is 14.5 Å². The molecule has 192 valence electrons. The lowest BCUT2D eigenvalue weighted by molar-refractivity contribution is -0.116. The fraction of sp³-hybridized carbons (Fsp3) is 0.208. The Hall–Kier alpha value is -3.57. The molecule has 2 N–H and O–H groups in total. The van der Waals surface area contributed by atoms with E-state index in [9.17, 15) is 22.0 Å². The van der Waals surface area contributed by atoms with E-state index in [1.165, 1.54) is 57.7 Å². The van der Waals surface area contributed by atoms with Gasteiger partial charge < -0.3 is 19.9 Å². The van der Waals surface area contributed by atoms with Crippen LogP contribution in [0.25, 0.3) is 0 Å². The van der Waals surface area contributed by atoms with Crippen LogP contribution in [-0.2, 0) is 21.2 Å². The Bertz CT molecular complexity index is 1380. The van der Waals surface area contributed by atoms with Crippen molar-refractivity contribution in [2.24, 2.45) is 5.73 Å². The first kappa shape index (κ1) is 27.0. The van der Waals surface area contributed by atoms with E-state index >= 15 is 0 Å². The van der Waals surface area contributed by atoms with E-state index in [1.54, 1.807) is 0 Å². The van der Waals surface area contributed by atoms with Crippen molar-refractivity contribution in [2.45, 2.75) is 11.3 Å². The molecule has 3 aromatic carbocycles. The molecule has 0 aliphatic heterocycles. The summed E-state index contributed by atoms with van der Waals surface area (Å²) in [5, 5.41) is 0.116. The van der Waals surface area contributed by atoms with Gasteiger partial charge in [0.2, 0.25) is 5.91 Å². The van der Waals surface area contributed by atoms with Crippen LogP contribution in [-0.4, -0.2) is 42.2 Å². The highest BCUT2D eigenvalue weighted by molar-refractivity contribution is 7.92. The number of anilines is 1. The summed E-state index contributed by atoms with van der Waals surface area (Å²) < 4.78 is 73.0. The Labute approximate surface area is 212 Å². The molecule has 36 heavy (non-hydrogen) atoms. The third kappa shape index (κ3) is 5.47. The van der Waals surface area contributed by atoms with Gasteiger partial charge in [-0.05, 0) is 35.9 Å². The largest absolute Gasteiger partial charge is 0.494 e. The predicted molar refractivity (Wildman–Crippen MR) is 130 cm³/mol. The lowest BCUT2D eigenvalue weighted by atomic mass is 10.0. The number of ether oxygens (including phenoxy) is 3. The smallest absolute Gasteiger partial charge is 0.265 e. The van der Waals surface area contributed by atoms with E-state index in [-0.39, 0.29) is 44.0 Å². The maximum atomic E-state index is 14.5. The van der Waals surface area contributed by atoms with Gasteiger partial charge in [0.15, 0.2) is 11.5 Å². The molecule has 0 saturated carbocycles. The quantitative estimate of drug-likeness (QED) is 0.418. The van der Waals surface area contributed by atoms with Crippen LogP contribution in [0.1, 0.15) is 11.1 Å². The molecular formula is C24H23ClF2N2O6S. The van der Waals surface area contributed by atoms with Crippen LogP contribution in [0.2, 0.25) is 5.02 Å². The number of nitrogens with two attached hydrogens (primary N) is 1. The van der Waals surface area contributed by atoms with Gasteiger partial charge in [-0.2, -0.15) is 0 Å². The highest BCUT2D eigenvalue weighted by Gasteiger charge is 2.32. The molecule has 0 saturated heterocycles. The molecule has 3 aromatic rings. The van der Waals surface area contributed by atoms with Crippen molar-refractivity contribution < 1.29 is 36.2 Å². The zero-order valence-electron chi connectivity index (χ0n) is 19.5. The number of benzene rings is 3. The molecule has 0 unspecified atom stereocenters. The normalized spacial score (nSPS) is 11.2. The fourth-order valence-electron chi connectivity index (χ4n) is 3.62. The first-order valence-corrected chi connectivity index (χ1v) is 12.2. The molecule has 0 radical (unpaired) electrons. The van der Waals surface area contributed by atoms with E-state index in [2.05, 4.69) is 0 Å². The Kier molecular flexibility index (Phi) is 8.26. The summed E-state index contributed by atoms with van der Waals surface area (Å²) in [7, 11) is -0.524. The second kappa shape index (κ2) is 11.0. The van der Waals surface area contributed by atoms with E-state index < -0.39 is 40.5 Å². The van der Waals surface area contributed by atoms with E-state index in [0.717, 1.165) is 12.1 Å². The fourth-order valence-corrected chi connectivity index (χ4v) is 5.35. The second-order valence-electron chi connectivity index (χ2n) is 7.49. The van der Waals surface area contributed by atoms with E-state index in [1.807, 2.05) is 0 Å². The SMILES string of the molecule is COc1ccc(S(=O)(=O)N(CC(N)=O)c2c(Cc3c(F)cccc3F)cc(Cl)cc2OC)cc1OC. The average Bonchev–Trinajstić information content (AvgIpc) is 2.84. The molecule has 1 amide bonds. The van der Waals surface area contributed by atoms with Crippen LogP contribution in [0.3, 0.4) is 0 Å². The van der Waals surface area contributed by atoms with E-state index in [4.69, 9.17) is 31.5 Å². The molecule has 0 spiro atoms. The number of sulfonamides is 1. The van der Waals surface area contributed by atoms with Gasteiger partial charge in [0.1, 0.15) is 23.9 Å². The van der Waals surface area contributed by atoms with Crippen molar-refractivity contribution in [3.05, 3.63) is 76.3 Å². The molecule has 0 atom stereocenters. The number of hydrogen-bond donors (Lipinski definition) is 1. The summed E-state index contributed by atoms with van der Waals surface area (Å²) in [6, 6.07) is 9.84. The number of methoxy groups -OCH3 is 3. The standard InChI is InChI=1S/C24H23ClF2N2O6S/c1-33-20-8-7-16(12-21(20)34-2)36(31,32)29(13-23(28)30)24-14(9-15(25)11-22(24)35-3)10-17-18(26)5-4-6-19(17)27/h4-9,11-12H,10,13H2,1-3H3,(H2,28,30). The Morgan fingerprint density at radius 2 is 1.56 bits per heavy atom. The molecule has 12 heteroatoms. The number of rotatable bonds is 10. The van der Waals surface area contributed by atoms with Gasteiger partial charge >= 0.3 is 0 Å². The first-order chi connectivity index (χ1) is 17.0. The van der Waals surface area contributed by atoms with Gasteiger partial charge in [-0.25, -0.2) is 17.2 Å². The number of amides is 1. The second-order valence-corrected chi connectivity index (χ2v) is 9.79. The van der Waals surface area contributed by atoms with Gasteiger partial charge in [-0.3, -0.25) is 9.10 Å². The average molecular weight is 541 g/mol. The molecule has 0 aliphatic rings. The van der Waals surface area contributed by atoms with Crippen molar-refractivity contribution >= 4 is 33.2 Å². The Morgan fingerprint density at radius 1 is 0.944 bits per heavy atom. The minimum absolute atomic E-state index is 0.0560. The summed E-state index contributed by atoms with van der Waals surface area (Å²) >= 11 is 6.20. The van der Waals surface area contributed by atoms with Crippen LogP contribution in [0.5, 0.6) is 17.2 Å². The summed E-state index contributed by atoms with van der Waals surface area (Å²) in [5.41, 5.74) is 5.00. The third-order valence-electron chi connectivity index (χ3n) is 5.26. The van der Waals surface area contributed by atoms with Crippen molar-refractivity contribution in [2.75, 3.05) is 32.2 Å². The van der Waals surface area contributed by atoms with Gasteiger partial charge in [-0.1, -0.05) is 17.7 Å². The van der Waals surface area contributed by atoms with Crippen LogP contribution < -0.4 is 24.2 Å². The lowest BCUT2D eigenvalue weighted by Gasteiger charge is -2.28. The molecule has 8 nitrogen and oxygen atoms in total. The van der Waals surface area contributed by atoms with Gasteiger partial charge in [0.05, 0.1) is 31.9 Å². The van der Waals surface area contributed by atoms with Crippen LogP contribution >= 0.6 is 11.6 Å². The minimum atomic E-state index is -4.50. The Morgan fingerprint density at radius 3 is 2.11 bits per heavy atom. The Balaban J connectivity index is 2.28. The van der Waals surface area contributed by atoms with Crippen molar-refractivity contribution in [1.82, 2.24) is 0 Å². The number of nitrogens with zero attached hydrogens (tertiary/aromatic N) is 1. The van der Waals surface area contributed by atoms with Crippen molar-refractivity contribution in [3.8, 4) is 17.2 Å². The molecule has 0 fully saturated rings. The number of halogens is 3. The van der Waals surface area contributed by atoms with E-state index in [0.29, 0.717) is 4.31 Å². The maximum absolute atomic E-state index is 14.5. The summed E-state index contributed by atoms with van der Waals surface area (Å²) in [6.07, 6.45) is -0.401. The van der Waals surface area contributed by atoms with Crippen molar-refractivity contribution in [1.29, 1.82) is 0 Å². The van der Waals surface area contributed by atoms with Gasteiger partial charge in [0.25, 0.3) is 10.0 Å². The maximum Gasteiger partial charge on any atom is 0.265 e. The lowest BCUT2D eigenvalue weighted by Crippen LogP contribution is -2.39. The molecular weight excluding hydrogens is 518 g/mol. The van der Waals surface area contributed by atoms with Gasteiger partial charge in [0, 0.05) is 29.1 Å². The van der Waals surface area contributed by atoms with Crippen molar-refractivity contribution in [3.63, 3.8) is 0 Å². The number of hydrogen-bond acceptors (Lipinski definition) is 6. The molecule has 3 rings (SSSR count). The monoisotopic (exact) mass is 540 g/mol. The van der Waals surface area contributed by atoms with Gasteiger partial charge in [-0.15, -0.1) is 0 Å². The molecule has 0 aromatic heterocycles. The van der Waals surface area contributed by atoms with Crippen LogP contribution in [0, 0.1) is 11.6 Å².